The van der Waals surface area contributed by atoms with Crippen LogP contribution in [0.1, 0.15) is 39.2 Å². The fourth-order valence-electron chi connectivity index (χ4n) is 2.52. The summed E-state index contributed by atoms with van der Waals surface area (Å²) in [5.41, 5.74) is 0.163. The molecule has 0 aromatic heterocycles. The molecule has 2 aromatic carbocycles. The maximum absolute atomic E-state index is 11.9. The van der Waals surface area contributed by atoms with E-state index in [0.717, 1.165) is 16.3 Å². The molecular formula is C19H23NO4. The number of benzene rings is 2. The van der Waals surface area contributed by atoms with Gasteiger partial charge >= 0.3 is 12.1 Å². The van der Waals surface area contributed by atoms with Crippen LogP contribution in [-0.4, -0.2) is 28.8 Å². The maximum Gasteiger partial charge on any atom is 0.408 e. The molecular weight excluding hydrogens is 306 g/mol. The van der Waals surface area contributed by atoms with Crippen LogP contribution in [0.4, 0.5) is 4.79 Å². The number of hydrogen-bond acceptors (Lipinski definition) is 3. The number of rotatable bonds is 4. The number of carbonyl (C=O) groups excluding carboxylic acids is 1. The van der Waals surface area contributed by atoms with Crippen LogP contribution in [-0.2, 0) is 9.53 Å². The van der Waals surface area contributed by atoms with Crippen molar-refractivity contribution in [3.05, 3.63) is 48.0 Å². The highest BCUT2D eigenvalue weighted by atomic mass is 16.6. The second kappa shape index (κ2) is 6.91. The largest absolute Gasteiger partial charge is 0.480 e. The second-order valence-electron chi connectivity index (χ2n) is 6.86. The molecule has 0 heterocycles. The van der Waals surface area contributed by atoms with E-state index in [-0.39, 0.29) is 0 Å². The van der Waals surface area contributed by atoms with Gasteiger partial charge in [0.05, 0.1) is 0 Å². The SMILES string of the molecule is C[C@@H](c1ccc2ccccc2c1)[C@H](NC(=O)OC(C)(C)C)C(=O)O. The first kappa shape index (κ1) is 17.8. The molecule has 2 N–H and O–H groups in total. The van der Waals surface area contributed by atoms with Crippen molar-refractivity contribution in [2.24, 2.45) is 0 Å². The smallest absolute Gasteiger partial charge is 0.408 e. The van der Waals surface area contributed by atoms with E-state index in [1.807, 2.05) is 42.5 Å². The van der Waals surface area contributed by atoms with Gasteiger partial charge in [0.1, 0.15) is 11.6 Å². The van der Waals surface area contributed by atoms with E-state index in [9.17, 15) is 14.7 Å². The summed E-state index contributed by atoms with van der Waals surface area (Å²) < 4.78 is 5.16. The van der Waals surface area contributed by atoms with E-state index in [1.54, 1.807) is 27.7 Å². The number of hydrogen-bond donors (Lipinski definition) is 2. The van der Waals surface area contributed by atoms with Crippen molar-refractivity contribution >= 4 is 22.8 Å². The van der Waals surface area contributed by atoms with Crippen LogP contribution in [0.5, 0.6) is 0 Å². The van der Waals surface area contributed by atoms with Crippen LogP contribution < -0.4 is 5.32 Å². The molecule has 0 aliphatic heterocycles. The summed E-state index contributed by atoms with van der Waals surface area (Å²) in [6.07, 6.45) is -0.734. The number of nitrogens with one attached hydrogen (secondary N) is 1. The third-order valence-electron chi connectivity index (χ3n) is 3.74. The fraction of sp³-hybridized carbons (Fsp3) is 0.368. The van der Waals surface area contributed by atoms with Gasteiger partial charge in [-0.05, 0) is 37.1 Å². The summed E-state index contributed by atoms with van der Waals surface area (Å²) in [6.45, 7) is 6.97. The lowest BCUT2D eigenvalue weighted by Gasteiger charge is -2.25. The van der Waals surface area contributed by atoms with Crippen LogP contribution in [0.25, 0.3) is 10.8 Å². The molecule has 2 aromatic rings. The van der Waals surface area contributed by atoms with Gasteiger partial charge in [-0.3, -0.25) is 0 Å². The van der Waals surface area contributed by atoms with Gasteiger partial charge in [0.2, 0.25) is 0 Å². The van der Waals surface area contributed by atoms with Crippen molar-refractivity contribution in [2.45, 2.75) is 45.3 Å². The van der Waals surface area contributed by atoms with Gasteiger partial charge in [-0.2, -0.15) is 0 Å². The Kier molecular flexibility index (Phi) is 5.12. The Morgan fingerprint density at radius 1 is 1.08 bits per heavy atom. The standard InChI is InChI=1S/C19H23NO4/c1-12(14-10-9-13-7-5-6-8-15(13)11-14)16(17(21)22)20-18(23)24-19(2,3)4/h5-12,16H,1-4H3,(H,20,23)(H,21,22)/t12-,16-/m0/s1. The summed E-state index contributed by atoms with van der Waals surface area (Å²) in [5, 5.41) is 14.1. The van der Waals surface area contributed by atoms with Crippen molar-refractivity contribution < 1.29 is 19.4 Å². The molecule has 1 amide bonds. The molecule has 5 nitrogen and oxygen atoms in total. The van der Waals surface area contributed by atoms with Crippen LogP contribution in [0.3, 0.4) is 0 Å². The number of amides is 1. The Morgan fingerprint density at radius 3 is 2.29 bits per heavy atom. The summed E-state index contributed by atoms with van der Waals surface area (Å²) in [4.78, 5) is 23.5. The Bertz CT molecular complexity index is 748. The molecule has 0 bridgehead atoms. The third kappa shape index (κ3) is 4.47. The molecule has 24 heavy (non-hydrogen) atoms. The highest BCUT2D eigenvalue weighted by molar-refractivity contribution is 5.84. The van der Waals surface area contributed by atoms with Gasteiger partial charge in [-0.25, -0.2) is 9.59 Å². The number of aliphatic carboxylic acids is 1. The molecule has 128 valence electrons. The summed E-state index contributed by atoms with van der Waals surface area (Å²) in [5.74, 6) is -1.50. The Morgan fingerprint density at radius 2 is 1.71 bits per heavy atom. The fourth-order valence-corrected chi connectivity index (χ4v) is 2.52. The zero-order chi connectivity index (χ0) is 17.9. The predicted octanol–water partition coefficient (Wildman–Crippen LogP) is 3.92. The highest BCUT2D eigenvalue weighted by Gasteiger charge is 2.29. The molecule has 2 atom stereocenters. The minimum absolute atomic E-state index is 0.403. The average molecular weight is 329 g/mol. The van der Waals surface area contributed by atoms with Crippen LogP contribution in [0.15, 0.2) is 42.5 Å². The second-order valence-corrected chi connectivity index (χ2v) is 6.86. The Labute approximate surface area is 141 Å². The Hall–Kier alpha value is -2.56. The van der Waals surface area contributed by atoms with E-state index >= 15 is 0 Å². The maximum atomic E-state index is 11.9. The van der Waals surface area contributed by atoms with Gasteiger partial charge < -0.3 is 15.2 Å². The van der Waals surface area contributed by atoms with E-state index in [1.165, 1.54) is 0 Å². The first-order chi connectivity index (χ1) is 11.2. The van der Waals surface area contributed by atoms with Gasteiger partial charge in [0, 0.05) is 5.92 Å². The van der Waals surface area contributed by atoms with E-state index in [4.69, 9.17) is 4.74 Å². The van der Waals surface area contributed by atoms with E-state index in [0.29, 0.717) is 0 Å². The van der Waals surface area contributed by atoms with E-state index in [2.05, 4.69) is 5.32 Å². The lowest BCUT2D eigenvalue weighted by molar-refractivity contribution is -0.140. The van der Waals surface area contributed by atoms with Crippen molar-refractivity contribution in [3.63, 3.8) is 0 Å². The van der Waals surface area contributed by atoms with Crippen molar-refractivity contribution in [1.82, 2.24) is 5.32 Å². The average Bonchev–Trinajstić information content (AvgIpc) is 2.49. The van der Waals surface area contributed by atoms with E-state index < -0.39 is 29.6 Å². The zero-order valence-electron chi connectivity index (χ0n) is 14.4. The number of fused-ring (bicyclic) bond motifs is 1. The molecule has 2 rings (SSSR count). The molecule has 0 spiro atoms. The number of ether oxygens (including phenoxy) is 1. The van der Waals surface area contributed by atoms with Crippen LogP contribution in [0, 0.1) is 0 Å². The molecule has 5 heteroatoms. The van der Waals surface area contributed by atoms with Crippen molar-refractivity contribution in [1.29, 1.82) is 0 Å². The van der Waals surface area contributed by atoms with Gasteiger partial charge in [0.25, 0.3) is 0 Å². The van der Waals surface area contributed by atoms with Gasteiger partial charge in [0.15, 0.2) is 0 Å². The highest BCUT2D eigenvalue weighted by Crippen LogP contribution is 2.24. The topological polar surface area (TPSA) is 75.6 Å². The van der Waals surface area contributed by atoms with Crippen molar-refractivity contribution in [3.8, 4) is 0 Å². The van der Waals surface area contributed by atoms with Gasteiger partial charge in [-0.15, -0.1) is 0 Å². The van der Waals surface area contributed by atoms with Crippen molar-refractivity contribution in [2.75, 3.05) is 0 Å². The van der Waals surface area contributed by atoms with Crippen LogP contribution in [0.2, 0.25) is 0 Å². The minimum Gasteiger partial charge on any atom is -0.480 e. The normalized spacial score (nSPS) is 14.0. The number of carboxylic acids is 1. The molecule has 0 aliphatic rings. The number of carboxylic acid groups (broad SMARTS) is 1. The lowest BCUT2D eigenvalue weighted by atomic mass is 9.91. The zero-order valence-corrected chi connectivity index (χ0v) is 14.4. The first-order valence-corrected chi connectivity index (χ1v) is 7.88. The van der Waals surface area contributed by atoms with Crippen LogP contribution >= 0.6 is 0 Å². The summed E-state index contributed by atoms with van der Waals surface area (Å²) >= 11 is 0. The number of carbonyl (C=O) groups is 2. The predicted molar refractivity (Wildman–Crippen MR) is 93.2 cm³/mol. The monoisotopic (exact) mass is 329 g/mol. The quantitative estimate of drug-likeness (QED) is 0.891. The lowest BCUT2D eigenvalue weighted by Crippen LogP contribution is -2.46. The molecule has 0 fully saturated rings. The summed E-state index contributed by atoms with van der Waals surface area (Å²) in [6, 6.07) is 12.6. The molecule has 0 aliphatic carbocycles. The molecule has 0 saturated heterocycles. The summed E-state index contributed by atoms with van der Waals surface area (Å²) in [7, 11) is 0. The van der Waals surface area contributed by atoms with Gasteiger partial charge in [-0.1, -0.05) is 49.4 Å². The Balaban J connectivity index is 2.22. The first-order valence-electron chi connectivity index (χ1n) is 7.88. The molecule has 0 saturated carbocycles. The minimum atomic E-state index is -1.10. The molecule has 0 unspecified atom stereocenters. The number of alkyl carbamates (subject to hydrolysis) is 1. The molecule has 0 radical (unpaired) electrons. The third-order valence-corrected chi connectivity index (χ3v) is 3.74.